The maximum atomic E-state index is 12.8. The number of halogens is 1. The van der Waals surface area contributed by atoms with Gasteiger partial charge in [0.2, 0.25) is 0 Å². The number of hydrogen-bond donors (Lipinski definition) is 2. The Bertz CT molecular complexity index is 375. The quantitative estimate of drug-likeness (QED) is 0.808. The summed E-state index contributed by atoms with van der Waals surface area (Å²) in [6.07, 6.45) is 2.93. The molecule has 1 aromatic heterocycles. The van der Waals surface area contributed by atoms with Crippen molar-refractivity contribution in [3.05, 3.63) is 29.8 Å². The van der Waals surface area contributed by atoms with Crippen molar-refractivity contribution in [1.82, 2.24) is 4.98 Å². The molecule has 1 aliphatic rings. The Morgan fingerprint density at radius 3 is 2.69 bits per heavy atom. The summed E-state index contributed by atoms with van der Waals surface area (Å²) < 4.78 is 12.8. The lowest BCUT2D eigenvalue weighted by Gasteiger charge is -2.21. The molecule has 2 atom stereocenters. The first-order valence-electron chi connectivity index (χ1n) is 5.57. The topological polar surface area (TPSA) is 59.1 Å². The fourth-order valence-electron chi connectivity index (χ4n) is 2.78. The van der Waals surface area contributed by atoms with E-state index in [4.69, 9.17) is 5.73 Å². The third-order valence-electron chi connectivity index (χ3n) is 4.04. The minimum atomic E-state index is -0.335. The monoisotopic (exact) mass is 224 g/mol. The molecule has 0 spiro atoms. The van der Waals surface area contributed by atoms with Gasteiger partial charge in [-0.05, 0) is 25.0 Å². The maximum Gasteiger partial charge on any atom is 0.141 e. The highest BCUT2D eigenvalue weighted by Gasteiger charge is 2.66. The molecule has 0 aromatic carbocycles. The van der Waals surface area contributed by atoms with Crippen LogP contribution >= 0.6 is 0 Å². The number of aliphatic hydroxyl groups is 1. The van der Waals surface area contributed by atoms with Gasteiger partial charge in [0.25, 0.3) is 0 Å². The van der Waals surface area contributed by atoms with E-state index in [-0.39, 0.29) is 23.3 Å². The standard InChI is InChI=1S/C12H17FN2O/c1-2-12(6-11(12,7-14)8-16)10-4-3-9(13)5-15-10/h3-5,16H,2,6-8,14H2,1H3. The summed E-state index contributed by atoms with van der Waals surface area (Å²) in [7, 11) is 0. The minimum Gasteiger partial charge on any atom is -0.396 e. The van der Waals surface area contributed by atoms with Crippen LogP contribution in [0.15, 0.2) is 18.3 Å². The van der Waals surface area contributed by atoms with Gasteiger partial charge >= 0.3 is 0 Å². The van der Waals surface area contributed by atoms with E-state index in [1.165, 1.54) is 12.3 Å². The highest BCUT2D eigenvalue weighted by molar-refractivity contribution is 5.34. The number of nitrogens with two attached hydrogens (primary N) is 1. The lowest BCUT2D eigenvalue weighted by atomic mass is 9.87. The zero-order valence-electron chi connectivity index (χ0n) is 9.41. The van der Waals surface area contributed by atoms with Gasteiger partial charge in [-0.1, -0.05) is 6.92 Å². The van der Waals surface area contributed by atoms with Crippen molar-refractivity contribution in [2.75, 3.05) is 13.2 Å². The summed E-state index contributed by atoms with van der Waals surface area (Å²) in [5.41, 5.74) is 6.16. The fourth-order valence-corrected chi connectivity index (χ4v) is 2.78. The molecule has 1 fully saturated rings. The average molecular weight is 224 g/mol. The van der Waals surface area contributed by atoms with Crippen LogP contribution in [0.1, 0.15) is 25.5 Å². The molecule has 0 aliphatic heterocycles. The van der Waals surface area contributed by atoms with Crippen LogP contribution in [-0.4, -0.2) is 23.2 Å². The van der Waals surface area contributed by atoms with Gasteiger partial charge in [-0.2, -0.15) is 0 Å². The molecule has 1 heterocycles. The fraction of sp³-hybridized carbons (Fsp3) is 0.583. The second-order valence-electron chi connectivity index (χ2n) is 4.62. The summed E-state index contributed by atoms with van der Waals surface area (Å²) in [5, 5.41) is 9.46. The van der Waals surface area contributed by atoms with E-state index in [9.17, 15) is 9.50 Å². The van der Waals surface area contributed by atoms with Crippen LogP contribution in [0.5, 0.6) is 0 Å². The van der Waals surface area contributed by atoms with E-state index in [0.29, 0.717) is 6.54 Å². The molecule has 0 bridgehead atoms. The van der Waals surface area contributed by atoms with Gasteiger partial charge in [-0.25, -0.2) is 4.39 Å². The van der Waals surface area contributed by atoms with Gasteiger partial charge in [0.1, 0.15) is 5.82 Å². The number of aliphatic hydroxyl groups excluding tert-OH is 1. The predicted molar refractivity (Wildman–Crippen MR) is 59.4 cm³/mol. The third kappa shape index (κ3) is 1.37. The van der Waals surface area contributed by atoms with Crippen molar-refractivity contribution in [1.29, 1.82) is 0 Å². The molecular formula is C12H17FN2O. The number of nitrogens with zero attached hydrogens (tertiary/aromatic N) is 1. The molecule has 0 radical (unpaired) electrons. The Labute approximate surface area is 94.5 Å². The maximum absolute atomic E-state index is 12.8. The van der Waals surface area contributed by atoms with Crippen molar-refractivity contribution in [2.45, 2.75) is 25.2 Å². The first-order chi connectivity index (χ1) is 7.64. The molecule has 3 nitrogen and oxygen atoms in total. The van der Waals surface area contributed by atoms with Gasteiger partial charge in [0.05, 0.1) is 12.8 Å². The molecule has 2 rings (SSSR count). The van der Waals surface area contributed by atoms with Crippen molar-refractivity contribution in [3.63, 3.8) is 0 Å². The molecule has 3 N–H and O–H groups in total. The van der Waals surface area contributed by atoms with Gasteiger partial charge in [-0.15, -0.1) is 0 Å². The Morgan fingerprint density at radius 1 is 1.56 bits per heavy atom. The molecule has 2 unspecified atom stereocenters. The van der Waals surface area contributed by atoms with E-state index < -0.39 is 0 Å². The molecule has 0 saturated heterocycles. The van der Waals surface area contributed by atoms with Gasteiger partial charge in [0.15, 0.2) is 0 Å². The molecule has 16 heavy (non-hydrogen) atoms. The Balaban J connectivity index is 2.35. The van der Waals surface area contributed by atoms with E-state index in [1.807, 2.05) is 0 Å². The lowest BCUT2D eigenvalue weighted by Crippen LogP contribution is -2.29. The second kappa shape index (κ2) is 3.79. The molecule has 1 saturated carbocycles. The Kier molecular flexibility index (Phi) is 2.72. The molecule has 1 aromatic rings. The summed E-state index contributed by atoms with van der Waals surface area (Å²) in [4.78, 5) is 4.13. The minimum absolute atomic E-state index is 0.0659. The first kappa shape index (κ1) is 11.5. The van der Waals surface area contributed by atoms with E-state index in [1.54, 1.807) is 6.07 Å². The van der Waals surface area contributed by atoms with Crippen LogP contribution in [0.2, 0.25) is 0 Å². The average Bonchev–Trinajstić information content (AvgIpc) is 3.00. The largest absolute Gasteiger partial charge is 0.396 e. The molecule has 0 amide bonds. The van der Waals surface area contributed by atoms with Crippen molar-refractivity contribution in [2.24, 2.45) is 11.1 Å². The van der Waals surface area contributed by atoms with Gasteiger partial charge in [0, 0.05) is 23.1 Å². The molecule has 1 aliphatic carbocycles. The zero-order valence-corrected chi connectivity index (χ0v) is 9.41. The van der Waals surface area contributed by atoms with Crippen molar-refractivity contribution in [3.8, 4) is 0 Å². The normalized spacial score (nSPS) is 32.8. The van der Waals surface area contributed by atoms with Gasteiger partial charge < -0.3 is 10.8 Å². The highest BCUT2D eigenvalue weighted by atomic mass is 19.1. The highest BCUT2D eigenvalue weighted by Crippen LogP contribution is 2.65. The smallest absolute Gasteiger partial charge is 0.141 e. The van der Waals surface area contributed by atoms with E-state index >= 15 is 0 Å². The Morgan fingerprint density at radius 2 is 2.31 bits per heavy atom. The summed E-state index contributed by atoms with van der Waals surface area (Å²) in [6, 6.07) is 3.11. The van der Waals surface area contributed by atoms with Crippen molar-refractivity contribution >= 4 is 0 Å². The first-order valence-corrected chi connectivity index (χ1v) is 5.57. The third-order valence-corrected chi connectivity index (χ3v) is 4.04. The SMILES string of the molecule is CCC1(c2ccc(F)cn2)CC1(CN)CO. The summed E-state index contributed by atoms with van der Waals surface area (Å²) in [5.74, 6) is -0.335. The van der Waals surface area contributed by atoms with Crippen LogP contribution in [0.4, 0.5) is 4.39 Å². The summed E-state index contributed by atoms with van der Waals surface area (Å²) in [6.45, 7) is 2.56. The van der Waals surface area contributed by atoms with E-state index in [0.717, 1.165) is 18.5 Å². The Hall–Kier alpha value is -1.00. The van der Waals surface area contributed by atoms with Gasteiger partial charge in [-0.3, -0.25) is 4.98 Å². The van der Waals surface area contributed by atoms with Crippen molar-refractivity contribution < 1.29 is 9.50 Å². The second-order valence-corrected chi connectivity index (χ2v) is 4.62. The summed E-state index contributed by atoms with van der Waals surface area (Å²) >= 11 is 0. The number of aromatic nitrogens is 1. The molecular weight excluding hydrogens is 207 g/mol. The molecule has 88 valence electrons. The predicted octanol–water partition coefficient (Wildman–Crippen LogP) is 1.21. The number of rotatable bonds is 4. The van der Waals surface area contributed by atoms with Crippen LogP contribution in [0, 0.1) is 11.2 Å². The zero-order chi connectivity index (χ0) is 11.8. The van der Waals surface area contributed by atoms with E-state index in [2.05, 4.69) is 11.9 Å². The van der Waals surface area contributed by atoms with Crippen LogP contribution < -0.4 is 5.73 Å². The van der Waals surface area contributed by atoms with Crippen LogP contribution in [0.3, 0.4) is 0 Å². The van der Waals surface area contributed by atoms with Crippen LogP contribution in [0.25, 0.3) is 0 Å². The van der Waals surface area contributed by atoms with Crippen LogP contribution in [-0.2, 0) is 5.41 Å². The lowest BCUT2D eigenvalue weighted by molar-refractivity contribution is 0.192. The number of pyridine rings is 1. The number of hydrogen-bond acceptors (Lipinski definition) is 3. The molecule has 4 heteroatoms.